The summed E-state index contributed by atoms with van der Waals surface area (Å²) >= 11 is 0. The monoisotopic (exact) mass is 381 g/mol. The number of ether oxygens (including phenoxy) is 1. The van der Waals surface area contributed by atoms with Crippen molar-refractivity contribution < 1.29 is 22.5 Å². The molecule has 0 radical (unpaired) electrons. The van der Waals surface area contributed by atoms with Crippen LogP contribution in [0.1, 0.15) is 23.8 Å². The fourth-order valence-corrected chi connectivity index (χ4v) is 3.89. The predicted octanol–water partition coefficient (Wildman–Crippen LogP) is 1.94. The third-order valence-electron chi connectivity index (χ3n) is 3.88. The zero-order chi connectivity index (χ0) is 19.5. The molecule has 0 aliphatic carbocycles. The number of carbonyl (C=O) groups is 1. The van der Waals surface area contributed by atoms with Crippen LogP contribution in [0.25, 0.3) is 0 Å². The number of nitrogens with zero attached hydrogens (tertiary/aromatic N) is 2. The average Bonchev–Trinajstić information content (AvgIpc) is 2.98. The van der Waals surface area contributed by atoms with Gasteiger partial charge >= 0.3 is 0 Å². The van der Waals surface area contributed by atoms with Gasteiger partial charge < -0.3 is 9.26 Å². The molecule has 0 aliphatic rings. The first-order chi connectivity index (χ1) is 12.2. The SMILES string of the molecule is COc1cc(C)c(S(=O)(=O)NCCN(C(C)=O)c2cc(C)on2)cc1C. The zero-order valence-electron chi connectivity index (χ0n) is 15.5. The number of carbonyl (C=O) groups excluding carboxylic acids is 1. The highest BCUT2D eigenvalue weighted by molar-refractivity contribution is 7.89. The molecule has 1 aromatic carbocycles. The van der Waals surface area contributed by atoms with Gasteiger partial charge in [0.15, 0.2) is 5.82 Å². The Labute approximate surface area is 153 Å². The number of amides is 1. The first-order valence-corrected chi connectivity index (χ1v) is 9.50. The Morgan fingerprint density at radius 2 is 1.92 bits per heavy atom. The van der Waals surface area contributed by atoms with Crippen molar-refractivity contribution in [1.82, 2.24) is 9.88 Å². The zero-order valence-corrected chi connectivity index (χ0v) is 16.3. The Balaban J connectivity index is 2.12. The Bertz CT molecular complexity index is 905. The van der Waals surface area contributed by atoms with Crippen LogP contribution in [0.3, 0.4) is 0 Å². The van der Waals surface area contributed by atoms with Crippen LogP contribution in [0.4, 0.5) is 5.82 Å². The van der Waals surface area contributed by atoms with Crippen molar-refractivity contribution in [3.8, 4) is 5.75 Å². The molecule has 0 aliphatic heterocycles. The Kier molecular flexibility index (Phi) is 6.04. The van der Waals surface area contributed by atoms with Gasteiger partial charge in [0, 0.05) is 26.1 Å². The third kappa shape index (κ3) is 4.41. The maximum atomic E-state index is 12.6. The molecule has 8 nitrogen and oxygen atoms in total. The molecule has 2 rings (SSSR count). The first-order valence-electron chi connectivity index (χ1n) is 8.02. The van der Waals surface area contributed by atoms with Gasteiger partial charge in [-0.1, -0.05) is 5.16 Å². The van der Waals surface area contributed by atoms with E-state index in [1.807, 2.05) is 0 Å². The molecular formula is C17H23N3O5S. The Morgan fingerprint density at radius 3 is 2.46 bits per heavy atom. The number of nitrogens with one attached hydrogen (secondary N) is 1. The largest absolute Gasteiger partial charge is 0.496 e. The fraction of sp³-hybridized carbons (Fsp3) is 0.412. The minimum atomic E-state index is -3.72. The topological polar surface area (TPSA) is 102 Å². The second-order valence-electron chi connectivity index (χ2n) is 5.95. The fourth-order valence-electron chi connectivity index (χ4n) is 2.56. The Morgan fingerprint density at radius 1 is 1.23 bits per heavy atom. The summed E-state index contributed by atoms with van der Waals surface area (Å²) in [5.41, 5.74) is 1.30. The lowest BCUT2D eigenvalue weighted by molar-refractivity contribution is -0.116. The molecule has 0 atom stereocenters. The van der Waals surface area contributed by atoms with E-state index >= 15 is 0 Å². The van der Waals surface area contributed by atoms with Gasteiger partial charge in [-0.3, -0.25) is 9.69 Å². The van der Waals surface area contributed by atoms with Crippen molar-refractivity contribution in [1.29, 1.82) is 0 Å². The van der Waals surface area contributed by atoms with E-state index in [1.165, 1.54) is 18.9 Å². The van der Waals surface area contributed by atoms with Gasteiger partial charge in [0.25, 0.3) is 0 Å². The van der Waals surface area contributed by atoms with E-state index in [0.717, 1.165) is 5.56 Å². The van der Waals surface area contributed by atoms with Gasteiger partial charge in [0.2, 0.25) is 15.9 Å². The molecule has 1 heterocycles. The van der Waals surface area contributed by atoms with Crippen LogP contribution in [0, 0.1) is 20.8 Å². The van der Waals surface area contributed by atoms with Gasteiger partial charge in [-0.25, -0.2) is 13.1 Å². The summed E-state index contributed by atoms with van der Waals surface area (Å²) in [5, 5.41) is 3.79. The number of hydrogen-bond donors (Lipinski definition) is 1. The molecule has 0 spiro atoms. The van der Waals surface area contributed by atoms with Gasteiger partial charge in [0.1, 0.15) is 11.5 Å². The molecule has 1 amide bonds. The van der Waals surface area contributed by atoms with E-state index in [0.29, 0.717) is 22.9 Å². The highest BCUT2D eigenvalue weighted by Gasteiger charge is 2.20. The number of aryl methyl sites for hydroxylation is 3. The quantitative estimate of drug-likeness (QED) is 0.786. The smallest absolute Gasteiger partial charge is 0.240 e. The summed E-state index contributed by atoms with van der Waals surface area (Å²) in [6, 6.07) is 4.87. The van der Waals surface area contributed by atoms with Crippen LogP contribution in [-0.4, -0.2) is 39.7 Å². The average molecular weight is 381 g/mol. The standard InChI is InChI=1S/C17H23N3O5S/c1-11-9-16(12(2)8-15(11)24-5)26(22,23)18-6-7-20(14(4)21)17-10-13(3)25-19-17/h8-10,18H,6-7H2,1-5H3. The molecule has 2 aromatic rings. The first kappa shape index (κ1) is 19.9. The molecule has 26 heavy (non-hydrogen) atoms. The van der Waals surface area contributed by atoms with Crippen molar-refractivity contribution in [2.24, 2.45) is 0 Å². The summed E-state index contributed by atoms with van der Waals surface area (Å²) in [4.78, 5) is 13.3. The summed E-state index contributed by atoms with van der Waals surface area (Å²) in [6.45, 7) is 6.76. The number of rotatable bonds is 7. The van der Waals surface area contributed by atoms with Gasteiger partial charge in [-0.15, -0.1) is 0 Å². The van der Waals surface area contributed by atoms with Gasteiger partial charge in [0.05, 0.1) is 12.0 Å². The van der Waals surface area contributed by atoms with E-state index in [2.05, 4.69) is 9.88 Å². The number of hydrogen-bond acceptors (Lipinski definition) is 6. The van der Waals surface area contributed by atoms with Crippen LogP contribution in [-0.2, 0) is 14.8 Å². The van der Waals surface area contributed by atoms with Crippen LogP contribution in [0.5, 0.6) is 5.75 Å². The van der Waals surface area contributed by atoms with Crippen LogP contribution in [0.15, 0.2) is 27.6 Å². The minimum absolute atomic E-state index is 0.0400. The maximum absolute atomic E-state index is 12.6. The van der Waals surface area contributed by atoms with E-state index in [4.69, 9.17) is 9.26 Å². The summed E-state index contributed by atoms with van der Waals surface area (Å²) in [5.74, 6) is 1.29. The summed E-state index contributed by atoms with van der Waals surface area (Å²) in [7, 11) is -2.19. The molecule has 1 N–H and O–H groups in total. The second-order valence-corrected chi connectivity index (χ2v) is 7.69. The lowest BCUT2D eigenvalue weighted by Crippen LogP contribution is -2.37. The van der Waals surface area contributed by atoms with Gasteiger partial charge in [-0.05, 0) is 44.0 Å². The van der Waals surface area contributed by atoms with Crippen molar-refractivity contribution in [3.05, 3.63) is 35.1 Å². The minimum Gasteiger partial charge on any atom is -0.496 e. The number of benzene rings is 1. The molecule has 1 aromatic heterocycles. The molecule has 0 saturated carbocycles. The number of methoxy groups -OCH3 is 1. The van der Waals surface area contributed by atoms with E-state index in [-0.39, 0.29) is 23.9 Å². The molecule has 0 unspecified atom stereocenters. The normalized spacial score (nSPS) is 11.4. The van der Waals surface area contributed by atoms with Crippen molar-refractivity contribution in [3.63, 3.8) is 0 Å². The second kappa shape index (κ2) is 7.88. The van der Waals surface area contributed by atoms with Crippen molar-refractivity contribution in [2.75, 3.05) is 25.1 Å². The lowest BCUT2D eigenvalue weighted by Gasteiger charge is -2.18. The van der Waals surface area contributed by atoms with Crippen molar-refractivity contribution >= 4 is 21.7 Å². The van der Waals surface area contributed by atoms with Crippen LogP contribution >= 0.6 is 0 Å². The van der Waals surface area contributed by atoms with Crippen LogP contribution in [0.2, 0.25) is 0 Å². The molecule has 0 fully saturated rings. The summed E-state index contributed by atoms with van der Waals surface area (Å²) in [6.07, 6.45) is 0. The number of aromatic nitrogens is 1. The molecule has 0 saturated heterocycles. The highest BCUT2D eigenvalue weighted by atomic mass is 32.2. The third-order valence-corrected chi connectivity index (χ3v) is 5.48. The number of sulfonamides is 1. The Hall–Kier alpha value is -2.39. The maximum Gasteiger partial charge on any atom is 0.240 e. The van der Waals surface area contributed by atoms with E-state index < -0.39 is 10.0 Å². The van der Waals surface area contributed by atoms with Crippen molar-refractivity contribution in [2.45, 2.75) is 32.6 Å². The number of anilines is 1. The lowest BCUT2D eigenvalue weighted by atomic mass is 10.1. The van der Waals surface area contributed by atoms with E-state index in [9.17, 15) is 13.2 Å². The highest BCUT2D eigenvalue weighted by Crippen LogP contribution is 2.25. The predicted molar refractivity (Wildman–Crippen MR) is 96.9 cm³/mol. The van der Waals surface area contributed by atoms with Gasteiger partial charge in [-0.2, -0.15) is 0 Å². The molecule has 9 heteroatoms. The van der Waals surface area contributed by atoms with E-state index in [1.54, 1.807) is 39.0 Å². The van der Waals surface area contributed by atoms with Crippen LogP contribution < -0.4 is 14.4 Å². The summed E-state index contributed by atoms with van der Waals surface area (Å²) < 4.78 is 37.9. The molecular weight excluding hydrogens is 358 g/mol. The molecule has 0 bridgehead atoms. The molecule has 142 valence electrons.